The van der Waals surface area contributed by atoms with Gasteiger partial charge in [-0.2, -0.15) is 4.31 Å². The minimum Gasteiger partial charge on any atom is -0.212 e. The first kappa shape index (κ1) is 14.6. The van der Waals surface area contributed by atoms with E-state index in [1.54, 1.807) is 0 Å². The van der Waals surface area contributed by atoms with Gasteiger partial charge in [0.2, 0.25) is 10.0 Å². The van der Waals surface area contributed by atoms with E-state index < -0.39 is 10.0 Å². The van der Waals surface area contributed by atoms with Crippen molar-refractivity contribution in [2.75, 3.05) is 18.2 Å². The van der Waals surface area contributed by atoms with E-state index in [9.17, 15) is 8.42 Å². The lowest BCUT2D eigenvalue weighted by molar-refractivity contribution is 0.129. The van der Waals surface area contributed by atoms with Crippen molar-refractivity contribution in [2.24, 2.45) is 11.8 Å². The van der Waals surface area contributed by atoms with Crippen LogP contribution in [0.15, 0.2) is 0 Å². The Morgan fingerprint density at radius 2 is 1.89 bits per heavy atom. The van der Waals surface area contributed by atoms with Gasteiger partial charge in [0, 0.05) is 18.5 Å². The van der Waals surface area contributed by atoms with E-state index in [4.69, 9.17) is 11.6 Å². The summed E-state index contributed by atoms with van der Waals surface area (Å²) >= 11 is 5.75. The third-order valence-electron chi connectivity index (χ3n) is 4.31. The average Bonchev–Trinajstić information content (AvgIpc) is 2.37. The standard InChI is InChI=1S/C13H24ClNO2S/c1-11(9-14)10-18(16,17)15-8-4-6-12-5-2-3-7-13(12)15/h11-13H,2-10H2,1H3/t11?,12-,13-/m1/s1. The Hall–Kier alpha value is 0.200. The molecule has 2 rings (SSSR count). The van der Waals surface area contributed by atoms with Crippen LogP contribution in [0.25, 0.3) is 0 Å². The topological polar surface area (TPSA) is 37.4 Å². The molecule has 0 bridgehead atoms. The normalized spacial score (nSPS) is 31.9. The second-order valence-electron chi connectivity index (χ2n) is 5.90. The van der Waals surface area contributed by atoms with E-state index in [0.717, 1.165) is 19.4 Å². The van der Waals surface area contributed by atoms with E-state index >= 15 is 0 Å². The molecule has 0 N–H and O–H groups in total. The van der Waals surface area contributed by atoms with Crippen molar-refractivity contribution in [1.82, 2.24) is 4.31 Å². The molecule has 1 unspecified atom stereocenters. The summed E-state index contributed by atoms with van der Waals surface area (Å²) in [4.78, 5) is 0. The molecule has 3 nitrogen and oxygen atoms in total. The smallest absolute Gasteiger partial charge is 0.212 e. The number of rotatable bonds is 4. The molecule has 0 amide bonds. The molecule has 1 aliphatic heterocycles. The van der Waals surface area contributed by atoms with E-state index in [0.29, 0.717) is 11.8 Å². The van der Waals surface area contributed by atoms with Crippen LogP contribution in [0.2, 0.25) is 0 Å². The van der Waals surface area contributed by atoms with Crippen molar-refractivity contribution in [3.63, 3.8) is 0 Å². The van der Waals surface area contributed by atoms with E-state index in [2.05, 4.69) is 0 Å². The zero-order valence-electron chi connectivity index (χ0n) is 11.1. The van der Waals surface area contributed by atoms with Crippen LogP contribution in [0, 0.1) is 11.8 Å². The van der Waals surface area contributed by atoms with Gasteiger partial charge >= 0.3 is 0 Å². The number of hydrogen-bond donors (Lipinski definition) is 0. The molecule has 2 aliphatic rings. The molecule has 1 saturated carbocycles. The first-order valence-corrected chi connectivity index (χ1v) is 9.24. The first-order valence-electron chi connectivity index (χ1n) is 7.10. The van der Waals surface area contributed by atoms with Crippen LogP contribution in [0.3, 0.4) is 0 Å². The molecule has 1 heterocycles. The molecule has 0 aromatic rings. The highest BCUT2D eigenvalue weighted by Crippen LogP contribution is 2.36. The van der Waals surface area contributed by atoms with Crippen LogP contribution in [-0.4, -0.2) is 36.9 Å². The maximum Gasteiger partial charge on any atom is 0.214 e. The Morgan fingerprint density at radius 1 is 1.22 bits per heavy atom. The second-order valence-corrected chi connectivity index (χ2v) is 8.18. The van der Waals surface area contributed by atoms with Crippen LogP contribution < -0.4 is 0 Å². The Morgan fingerprint density at radius 3 is 2.61 bits per heavy atom. The van der Waals surface area contributed by atoms with Crippen molar-refractivity contribution in [3.05, 3.63) is 0 Å². The first-order chi connectivity index (χ1) is 8.54. The van der Waals surface area contributed by atoms with Gasteiger partial charge in [0.15, 0.2) is 0 Å². The van der Waals surface area contributed by atoms with Crippen molar-refractivity contribution < 1.29 is 8.42 Å². The highest BCUT2D eigenvalue weighted by Gasteiger charge is 2.39. The van der Waals surface area contributed by atoms with Gasteiger partial charge in [-0.15, -0.1) is 11.6 Å². The maximum absolute atomic E-state index is 12.5. The van der Waals surface area contributed by atoms with Crippen LogP contribution in [0.1, 0.15) is 45.4 Å². The van der Waals surface area contributed by atoms with Crippen LogP contribution in [-0.2, 0) is 10.0 Å². The molecular weight excluding hydrogens is 270 g/mol. The van der Waals surface area contributed by atoms with Crippen molar-refractivity contribution in [2.45, 2.75) is 51.5 Å². The van der Waals surface area contributed by atoms with Crippen molar-refractivity contribution >= 4 is 21.6 Å². The number of alkyl halides is 1. The lowest BCUT2D eigenvalue weighted by atomic mass is 9.79. The van der Waals surface area contributed by atoms with Gasteiger partial charge in [-0.25, -0.2) is 8.42 Å². The number of nitrogens with zero attached hydrogens (tertiary/aromatic N) is 1. The molecule has 5 heteroatoms. The lowest BCUT2D eigenvalue weighted by Gasteiger charge is -2.43. The summed E-state index contributed by atoms with van der Waals surface area (Å²) in [5.41, 5.74) is 0. The molecule has 0 spiro atoms. The Kier molecular flexibility index (Phi) is 4.95. The number of sulfonamides is 1. The molecule has 18 heavy (non-hydrogen) atoms. The summed E-state index contributed by atoms with van der Waals surface area (Å²) in [5, 5.41) is 0. The molecule has 1 saturated heterocycles. The third kappa shape index (κ3) is 3.20. The predicted octanol–water partition coefficient (Wildman–Crippen LogP) is 2.85. The summed E-state index contributed by atoms with van der Waals surface area (Å²) < 4.78 is 26.8. The van der Waals surface area contributed by atoms with Gasteiger partial charge in [-0.1, -0.05) is 19.8 Å². The van der Waals surface area contributed by atoms with E-state index in [1.807, 2.05) is 11.2 Å². The zero-order chi connectivity index (χ0) is 13.2. The largest absolute Gasteiger partial charge is 0.214 e. The molecule has 2 fully saturated rings. The molecule has 0 aromatic heterocycles. The van der Waals surface area contributed by atoms with Crippen LogP contribution in [0.5, 0.6) is 0 Å². The summed E-state index contributed by atoms with van der Waals surface area (Å²) in [6.45, 7) is 2.63. The summed E-state index contributed by atoms with van der Waals surface area (Å²) in [6.07, 6.45) is 6.95. The van der Waals surface area contributed by atoms with Gasteiger partial charge < -0.3 is 0 Å². The summed E-state index contributed by atoms with van der Waals surface area (Å²) in [5.74, 6) is 1.27. The average molecular weight is 294 g/mol. The minimum atomic E-state index is -3.12. The minimum absolute atomic E-state index is 0.0423. The number of piperidine rings is 1. The fourth-order valence-corrected chi connectivity index (χ4v) is 5.79. The highest BCUT2D eigenvalue weighted by atomic mass is 35.5. The number of fused-ring (bicyclic) bond motifs is 1. The van der Waals surface area contributed by atoms with E-state index in [-0.39, 0.29) is 17.7 Å². The van der Waals surface area contributed by atoms with Gasteiger partial charge in [0.05, 0.1) is 5.75 Å². The summed E-state index contributed by atoms with van der Waals surface area (Å²) in [7, 11) is -3.12. The van der Waals surface area contributed by atoms with Crippen molar-refractivity contribution in [3.8, 4) is 0 Å². The van der Waals surface area contributed by atoms with Gasteiger partial charge in [-0.3, -0.25) is 0 Å². The lowest BCUT2D eigenvalue weighted by Crippen LogP contribution is -2.50. The third-order valence-corrected chi connectivity index (χ3v) is 6.99. The number of hydrogen-bond acceptors (Lipinski definition) is 2. The Bertz CT molecular complexity index is 369. The quantitative estimate of drug-likeness (QED) is 0.748. The Labute approximate surface area is 116 Å². The predicted molar refractivity (Wildman–Crippen MR) is 75.4 cm³/mol. The summed E-state index contributed by atoms with van der Waals surface area (Å²) in [6, 6.07) is 0.278. The molecule has 0 radical (unpaired) electrons. The SMILES string of the molecule is CC(CCl)CS(=O)(=O)N1CCC[C@H]2CCCC[C@H]21. The van der Waals surface area contributed by atoms with Gasteiger partial charge in [0.1, 0.15) is 0 Å². The Balaban J connectivity index is 2.10. The maximum atomic E-state index is 12.5. The van der Waals surface area contributed by atoms with Gasteiger partial charge in [0.25, 0.3) is 0 Å². The van der Waals surface area contributed by atoms with E-state index in [1.165, 1.54) is 25.7 Å². The second kappa shape index (κ2) is 6.10. The fraction of sp³-hybridized carbons (Fsp3) is 1.00. The van der Waals surface area contributed by atoms with Crippen LogP contribution in [0.4, 0.5) is 0 Å². The molecule has 106 valence electrons. The highest BCUT2D eigenvalue weighted by molar-refractivity contribution is 7.89. The fourth-order valence-electron chi connectivity index (χ4n) is 3.42. The number of halogens is 1. The monoisotopic (exact) mass is 293 g/mol. The zero-order valence-corrected chi connectivity index (χ0v) is 12.7. The molecule has 0 aromatic carbocycles. The van der Waals surface area contributed by atoms with Gasteiger partial charge in [-0.05, 0) is 37.5 Å². The molecular formula is C13H24ClNO2S. The molecule has 3 atom stereocenters. The van der Waals surface area contributed by atoms with Crippen molar-refractivity contribution in [1.29, 1.82) is 0 Å². The van der Waals surface area contributed by atoms with Crippen LogP contribution >= 0.6 is 11.6 Å². The molecule has 1 aliphatic carbocycles.